The van der Waals surface area contributed by atoms with Crippen molar-refractivity contribution in [3.8, 4) is 0 Å². The van der Waals surface area contributed by atoms with Gasteiger partial charge in [-0.2, -0.15) is 0 Å². The van der Waals surface area contributed by atoms with Crippen molar-refractivity contribution in [2.24, 2.45) is 5.92 Å². The Kier molecular flexibility index (Phi) is 4.72. The number of carbonyl (C=O) groups is 1. The fourth-order valence-corrected chi connectivity index (χ4v) is 2.67. The third-order valence-electron chi connectivity index (χ3n) is 3.93. The van der Waals surface area contributed by atoms with E-state index >= 15 is 0 Å². The van der Waals surface area contributed by atoms with Gasteiger partial charge < -0.3 is 10.2 Å². The highest BCUT2D eigenvalue weighted by Gasteiger charge is 2.26. The Morgan fingerprint density at radius 2 is 2.38 bits per heavy atom. The van der Waals surface area contributed by atoms with Crippen LogP contribution >= 0.6 is 0 Å². The van der Waals surface area contributed by atoms with E-state index in [9.17, 15) is 14.9 Å². The number of rotatable bonds is 4. The summed E-state index contributed by atoms with van der Waals surface area (Å²) in [4.78, 5) is 28.7. The summed E-state index contributed by atoms with van der Waals surface area (Å²) in [6.07, 6.45) is 4.30. The van der Waals surface area contributed by atoms with Crippen molar-refractivity contribution in [3.05, 3.63) is 27.9 Å². The molecule has 1 fully saturated rings. The average Bonchev–Trinajstić information content (AvgIpc) is 2.53. The number of pyridine rings is 1. The second kappa shape index (κ2) is 6.51. The minimum absolute atomic E-state index is 0.165. The van der Waals surface area contributed by atoms with Crippen LogP contribution in [0.2, 0.25) is 0 Å². The van der Waals surface area contributed by atoms with Crippen molar-refractivity contribution in [2.45, 2.75) is 26.2 Å². The zero-order chi connectivity index (χ0) is 15.4. The zero-order valence-electron chi connectivity index (χ0n) is 12.3. The molecule has 2 heterocycles. The minimum atomic E-state index is -0.533. The highest BCUT2D eigenvalue weighted by Crippen LogP contribution is 2.24. The van der Waals surface area contributed by atoms with Crippen molar-refractivity contribution in [1.29, 1.82) is 0 Å². The smallest absolute Gasteiger partial charge is 0.288 e. The van der Waals surface area contributed by atoms with Gasteiger partial charge in [0.15, 0.2) is 0 Å². The standard InChI is InChI=1S/C14H20N4O3/c1-3-10-5-4-6-17(9-10)14(19)12-7-11(18(20)21)8-16-13(12)15-2/h7-8,10H,3-6,9H2,1-2H3,(H,15,16). The van der Waals surface area contributed by atoms with Gasteiger partial charge in [0.25, 0.3) is 11.6 Å². The summed E-state index contributed by atoms with van der Waals surface area (Å²) in [5.41, 5.74) is 0.102. The van der Waals surface area contributed by atoms with Gasteiger partial charge in [0.05, 0.1) is 10.5 Å². The van der Waals surface area contributed by atoms with Gasteiger partial charge in [0.1, 0.15) is 12.0 Å². The topological polar surface area (TPSA) is 88.4 Å². The molecule has 2 rings (SSSR count). The first-order valence-electron chi connectivity index (χ1n) is 7.18. The number of nitrogens with one attached hydrogen (secondary N) is 1. The molecule has 1 aliphatic heterocycles. The number of nitro groups is 1. The molecule has 1 atom stereocenters. The second-order valence-corrected chi connectivity index (χ2v) is 5.26. The largest absolute Gasteiger partial charge is 0.372 e. The van der Waals surface area contributed by atoms with Crippen molar-refractivity contribution in [3.63, 3.8) is 0 Å². The second-order valence-electron chi connectivity index (χ2n) is 5.26. The molecule has 114 valence electrons. The molecule has 1 aromatic rings. The predicted molar refractivity (Wildman–Crippen MR) is 79.4 cm³/mol. The van der Waals surface area contributed by atoms with Gasteiger partial charge in [-0.05, 0) is 18.8 Å². The Balaban J connectivity index is 2.28. The highest BCUT2D eigenvalue weighted by molar-refractivity contribution is 5.99. The normalized spacial score (nSPS) is 18.4. The van der Waals surface area contributed by atoms with E-state index in [1.54, 1.807) is 11.9 Å². The van der Waals surface area contributed by atoms with Crippen LogP contribution in [0.4, 0.5) is 11.5 Å². The van der Waals surface area contributed by atoms with Crippen LogP contribution < -0.4 is 5.32 Å². The van der Waals surface area contributed by atoms with Gasteiger partial charge in [0.2, 0.25) is 0 Å². The molecule has 0 bridgehead atoms. The SMILES string of the molecule is CCC1CCCN(C(=O)c2cc([N+](=O)[O-])cnc2NC)C1. The number of hydrogen-bond acceptors (Lipinski definition) is 5. The molecule has 21 heavy (non-hydrogen) atoms. The van der Waals surface area contributed by atoms with E-state index in [-0.39, 0.29) is 17.2 Å². The first-order valence-corrected chi connectivity index (χ1v) is 7.18. The van der Waals surface area contributed by atoms with Gasteiger partial charge >= 0.3 is 0 Å². The molecule has 7 heteroatoms. The zero-order valence-corrected chi connectivity index (χ0v) is 12.3. The molecule has 1 saturated heterocycles. The summed E-state index contributed by atoms with van der Waals surface area (Å²) in [6.45, 7) is 3.52. The molecule has 0 saturated carbocycles. The maximum Gasteiger partial charge on any atom is 0.288 e. The Hall–Kier alpha value is -2.18. The van der Waals surface area contributed by atoms with E-state index in [1.165, 1.54) is 6.07 Å². The molecular formula is C14H20N4O3. The molecular weight excluding hydrogens is 272 g/mol. The van der Waals surface area contributed by atoms with Gasteiger partial charge in [-0.25, -0.2) is 4.98 Å². The average molecular weight is 292 g/mol. The van der Waals surface area contributed by atoms with Gasteiger partial charge in [-0.15, -0.1) is 0 Å². The van der Waals surface area contributed by atoms with E-state index in [4.69, 9.17) is 0 Å². The Morgan fingerprint density at radius 1 is 1.62 bits per heavy atom. The third kappa shape index (κ3) is 3.29. The first kappa shape index (κ1) is 15.2. The molecule has 0 aromatic carbocycles. The monoisotopic (exact) mass is 292 g/mol. The van der Waals surface area contributed by atoms with Crippen molar-refractivity contribution in [2.75, 3.05) is 25.5 Å². The number of hydrogen-bond donors (Lipinski definition) is 1. The van der Waals surface area contributed by atoms with E-state index in [1.807, 2.05) is 0 Å². The summed E-state index contributed by atoms with van der Waals surface area (Å²) in [7, 11) is 1.65. The van der Waals surface area contributed by atoms with E-state index in [0.29, 0.717) is 24.8 Å². The van der Waals surface area contributed by atoms with Crippen LogP contribution in [0.3, 0.4) is 0 Å². The number of piperidine rings is 1. The Bertz CT molecular complexity index is 547. The molecule has 1 N–H and O–H groups in total. The molecule has 0 aliphatic carbocycles. The van der Waals surface area contributed by atoms with Crippen LogP contribution in [-0.4, -0.2) is 40.9 Å². The van der Waals surface area contributed by atoms with E-state index < -0.39 is 4.92 Å². The number of nitrogens with zero attached hydrogens (tertiary/aromatic N) is 3. The molecule has 1 unspecified atom stereocenters. The molecule has 7 nitrogen and oxygen atoms in total. The third-order valence-corrected chi connectivity index (χ3v) is 3.93. The van der Waals surface area contributed by atoms with Crippen LogP contribution in [0.5, 0.6) is 0 Å². The van der Waals surface area contributed by atoms with Crippen molar-refractivity contribution in [1.82, 2.24) is 9.88 Å². The minimum Gasteiger partial charge on any atom is -0.372 e. The van der Waals surface area contributed by atoms with Gasteiger partial charge in [0, 0.05) is 26.2 Å². The lowest BCUT2D eigenvalue weighted by Crippen LogP contribution is -2.40. The lowest BCUT2D eigenvalue weighted by Gasteiger charge is -2.32. The number of carbonyl (C=O) groups excluding carboxylic acids is 1. The summed E-state index contributed by atoms with van der Waals surface area (Å²) < 4.78 is 0. The highest BCUT2D eigenvalue weighted by atomic mass is 16.6. The van der Waals surface area contributed by atoms with Crippen molar-refractivity contribution < 1.29 is 9.72 Å². The first-order chi connectivity index (χ1) is 10.1. The summed E-state index contributed by atoms with van der Waals surface area (Å²) in [5.74, 6) is 0.699. The molecule has 0 spiro atoms. The fourth-order valence-electron chi connectivity index (χ4n) is 2.67. The fraction of sp³-hybridized carbons (Fsp3) is 0.571. The molecule has 1 aromatic heterocycles. The van der Waals surface area contributed by atoms with Crippen LogP contribution in [0.25, 0.3) is 0 Å². The Morgan fingerprint density at radius 3 is 3.00 bits per heavy atom. The van der Waals surface area contributed by atoms with Crippen LogP contribution in [-0.2, 0) is 0 Å². The number of aromatic nitrogens is 1. The lowest BCUT2D eigenvalue weighted by molar-refractivity contribution is -0.385. The summed E-state index contributed by atoms with van der Waals surface area (Å²) in [6, 6.07) is 1.30. The Labute approximate surface area is 123 Å². The predicted octanol–water partition coefficient (Wildman–Crippen LogP) is 2.29. The van der Waals surface area contributed by atoms with Crippen LogP contribution in [0.1, 0.15) is 36.5 Å². The van der Waals surface area contributed by atoms with Crippen molar-refractivity contribution >= 4 is 17.4 Å². The van der Waals surface area contributed by atoms with Crippen LogP contribution in [0, 0.1) is 16.0 Å². The molecule has 1 aliphatic rings. The number of likely N-dealkylation sites (tertiary alicyclic amines) is 1. The van der Waals surface area contributed by atoms with Gasteiger partial charge in [-0.3, -0.25) is 14.9 Å². The quantitative estimate of drug-likeness (QED) is 0.679. The maximum atomic E-state index is 12.6. The molecule has 0 radical (unpaired) electrons. The van der Waals surface area contributed by atoms with Crippen LogP contribution in [0.15, 0.2) is 12.3 Å². The van der Waals surface area contributed by atoms with E-state index in [2.05, 4.69) is 17.2 Å². The number of amides is 1. The maximum absolute atomic E-state index is 12.6. The number of anilines is 1. The lowest BCUT2D eigenvalue weighted by atomic mass is 9.95. The molecule has 1 amide bonds. The summed E-state index contributed by atoms with van der Waals surface area (Å²) >= 11 is 0. The van der Waals surface area contributed by atoms with E-state index in [0.717, 1.165) is 25.5 Å². The summed E-state index contributed by atoms with van der Waals surface area (Å²) in [5, 5.41) is 13.7. The van der Waals surface area contributed by atoms with Gasteiger partial charge in [-0.1, -0.05) is 13.3 Å².